The number of hydrogen-bond acceptors (Lipinski definition) is 1. The average Bonchev–Trinajstić information content (AvgIpc) is 2.82. The number of halogens is 1. The zero-order valence-corrected chi connectivity index (χ0v) is 8.39. The highest BCUT2D eigenvalue weighted by atomic mass is 19.1. The highest BCUT2D eigenvalue weighted by Crippen LogP contribution is 2.29. The fourth-order valence-electron chi connectivity index (χ4n) is 2.38. The van der Waals surface area contributed by atoms with Crippen molar-refractivity contribution in [2.75, 3.05) is 13.1 Å². The third kappa shape index (κ3) is 1.43. The summed E-state index contributed by atoms with van der Waals surface area (Å²) in [5.74, 6) is 0.393. The van der Waals surface area contributed by atoms with Crippen molar-refractivity contribution in [2.24, 2.45) is 0 Å². The maximum absolute atomic E-state index is 13.0. The topological polar surface area (TPSA) is 27.8 Å². The molecule has 2 aromatic rings. The van der Waals surface area contributed by atoms with Gasteiger partial charge in [-0.25, -0.2) is 4.39 Å². The average molecular weight is 204 g/mol. The van der Waals surface area contributed by atoms with Gasteiger partial charge in [0.1, 0.15) is 5.82 Å². The normalized spacial score (nSPS) is 21.3. The van der Waals surface area contributed by atoms with E-state index in [2.05, 4.69) is 10.3 Å². The molecule has 1 aromatic heterocycles. The fourth-order valence-corrected chi connectivity index (χ4v) is 2.38. The predicted octanol–water partition coefficient (Wildman–Crippen LogP) is 2.38. The van der Waals surface area contributed by atoms with Crippen LogP contribution in [0, 0.1) is 5.82 Å². The van der Waals surface area contributed by atoms with Crippen LogP contribution in [0.15, 0.2) is 24.4 Å². The van der Waals surface area contributed by atoms with Crippen LogP contribution >= 0.6 is 0 Å². The molecule has 2 N–H and O–H groups in total. The Balaban J connectivity index is 2.11. The van der Waals surface area contributed by atoms with Crippen molar-refractivity contribution in [2.45, 2.75) is 12.3 Å². The number of hydrogen-bond donors (Lipinski definition) is 2. The van der Waals surface area contributed by atoms with E-state index in [1.807, 2.05) is 12.3 Å². The van der Waals surface area contributed by atoms with Crippen LogP contribution in [0.3, 0.4) is 0 Å². The maximum Gasteiger partial charge on any atom is 0.125 e. The minimum absolute atomic E-state index is 0.180. The largest absolute Gasteiger partial charge is 0.361 e. The second-order valence-corrected chi connectivity index (χ2v) is 4.12. The summed E-state index contributed by atoms with van der Waals surface area (Å²) in [6, 6.07) is 4.96. The second-order valence-electron chi connectivity index (χ2n) is 4.12. The van der Waals surface area contributed by atoms with Crippen LogP contribution in [0.4, 0.5) is 4.39 Å². The van der Waals surface area contributed by atoms with Crippen LogP contribution in [-0.2, 0) is 0 Å². The van der Waals surface area contributed by atoms with Crippen molar-refractivity contribution in [3.63, 3.8) is 0 Å². The molecule has 15 heavy (non-hydrogen) atoms. The molecule has 1 atom stereocenters. The van der Waals surface area contributed by atoms with Gasteiger partial charge in [0.25, 0.3) is 0 Å². The van der Waals surface area contributed by atoms with Gasteiger partial charge in [-0.2, -0.15) is 0 Å². The summed E-state index contributed by atoms with van der Waals surface area (Å²) in [5, 5.41) is 4.51. The summed E-state index contributed by atoms with van der Waals surface area (Å²) < 4.78 is 13.0. The SMILES string of the molecule is Fc1ccc2c([C@@H]3CCNC3)c[nH]c2c1. The highest BCUT2D eigenvalue weighted by Gasteiger charge is 2.19. The van der Waals surface area contributed by atoms with Crippen LogP contribution in [0.2, 0.25) is 0 Å². The lowest BCUT2D eigenvalue weighted by Crippen LogP contribution is -2.07. The third-order valence-electron chi connectivity index (χ3n) is 3.18. The minimum Gasteiger partial charge on any atom is -0.361 e. The molecule has 0 unspecified atom stereocenters. The minimum atomic E-state index is -0.180. The number of benzene rings is 1. The van der Waals surface area contributed by atoms with E-state index in [9.17, 15) is 4.39 Å². The Morgan fingerprint density at radius 3 is 3.07 bits per heavy atom. The van der Waals surface area contributed by atoms with Crippen molar-refractivity contribution in [3.8, 4) is 0 Å². The second kappa shape index (κ2) is 3.35. The van der Waals surface area contributed by atoms with Gasteiger partial charge in [-0.3, -0.25) is 0 Å². The number of nitrogens with one attached hydrogen (secondary N) is 2. The molecule has 2 heterocycles. The third-order valence-corrected chi connectivity index (χ3v) is 3.18. The van der Waals surface area contributed by atoms with Crippen LogP contribution in [0.1, 0.15) is 17.9 Å². The summed E-state index contributed by atoms with van der Waals surface area (Å²) in [4.78, 5) is 3.14. The summed E-state index contributed by atoms with van der Waals surface area (Å²) in [6.45, 7) is 2.11. The van der Waals surface area contributed by atoms with Crippen LogP contribution in [0.25, 0.3) is 10.9 Å². The number of aromatic amines is 1. The van der Waals surface area contributed by atoms with Crippen LogP contribution in [0.5, 0.6) is 0 Å². The number of rotatable bonds is 1. The molecule has 1 aliphatic heterocycles. The molecule has 78 valence electrons. The fraction of sp³-hybridized carbons (Fsp3) is 0.333. The van der Waals surface area contributed by atoms with E-state index in [0.717, 1.165) is 24.0 Å². The van der Waals surface area contributed by atoms with Crippen molar-refractivity contribution < 1.29 is 4.39 Å². The smallest absolute Gasteiger partial charge is 0.125 e. The van der Waals surface area contributed by atoms with E-state index >= 15 is 0 Å². The van der Waals surface area contributed by atoms with E-state index in [0.29, 0.717) is 5.92 Å². The summed E-state index contributed by atoms with van der Waals surface area (Å²) in [6.07, 6.45) is 3.19. The van der Waals surface area contributed by atoms with Gasteiger partial charge < -0.3 is 10.3 Å². The molecule has 3 heteroatoms. The molecule has 0 saturated carbocycles. The molecule has 1 aliphatic rings. The van der Waals surface area contributed by atoms with Gasteiger partial charge in [-0.05, 0) is 42.6 Å². The Labute approximate surface area is 87.5 Å². The molecule has 0 spiro atoms. The molecule has 0 aliphatic carbocycles. The molecular formula is C12H13FN2. The molecule has 0 radical (unpaired) electrons. The Hall–Kier alpha value is -1.35. The standard InChI is InChI=1S/C12H13FN2/c13-9-1-2-10-11(7-15-12(10)5-9)8-3-4-14-6-8/h1-2,5,7-8,14-15H,3-4,6H2/t8-/m1/s1. The lowest BCUT2D eigenvalue weighted by atomic mass is 9.98. The maximum atomic E-state index is 13.0. The van der Waals surface area contributed by atoms with Gasteiger partial charge in [-0.1, -0.05) is 0 Å². The lowest BCUT2D eigenvalue weighted by Gasteiger charge is -2.05. The monoisotopic (exact) mass is 204 g/mol. The quantitative estimate of drug-likeness (QED) is 0.733. The van der Waals surface area contributed by atoms with E-state index in [-0.39, 0.29) is 5.82 Å². The first-order valence-electron chi connectivity index (χ1n) is 5.32. The first-order valence-corrected chi connectivity index (χ1v) is 5.32. The zero-order valence-electron chi connectivity index (χ0n) is 8.39. The van der Waals surface area contributed by atoms with Crippen molar-refractivity contribution in [1.82, 2.24) is 10.3 Å². The molecule has 1 fully saturated rings. The molecule has 1 saturated heterocycles. The molecule has 0 bridgehead atoms. The van der Waals surface area contributed by atoms with E-state index in [1.54, 1.807) is 6.07 Å². The van der Waals surface area contributed by atoms with E-state index < -0.39 is 0 Å². The predicted molar refractivity (Wildman–Crippen MR) is 58.5 cm³/mol. The number of aromatic nitrogens is 1. The summed E-state index contributed by atoms with van der Waals surface area (Å²) in [7, 11) is 0. The van der Waals surface area contributed by atoms with Crippen molar-refractivity contribution in [1.29, 1.82) is 0 Å². The molecular weight excluding hydrogens is 191 g/mol. The molecule has 2 nitrogen and oxygen atoms in total. The van der Waals surface area contributed by atoms with Gasteiger partial charge in [0.05, 0.1) is 0 Å². The molecule has 1 aromatic carbocycles. The van der Waals surface area contributed by atoms with Crippen LogP contribution in [-0.4, -0.2) is 18.1 Å². The molecule has 0 amide bonds. The van der Waals surface area contributed by atoms with Gasteiger partial charge >= 0.3 is 0 Å². The Bertz CT molecular complexity index is 483. The Kier molecular flexibility index (Phi) is 1.99. The van der Waals surface area contributed by atoms with Crippen molar-refractivity contribution in [3.05, 3.63) is 35.8 Å². The van der Waals surface area contributed by atoms with E-state index in [4.69, 9.17) is 0 Å². The number of H-pyrrole nitrogens is 1. The summed E-state index contributed by atoms with van der Waals surface area (Å²) >= 11 is 0. The van der Waals surface area contributed by atoms with Crippen LogP contribution < -0.4 is 5.32 Å². The van der Waals surface area contributed by atoms with Gasteiger partial charge in [-0.15, -0.1) is 0 Å². The Morgan fingerprint density at radius 1 is 1.33 bits per heavy atom. The zero-order chi connectivity index (χ0) is 10.3. The van der Waals surface area contributed by atoms with Crippen molar-refractivity contribution >= 4 is 10.9 Å². The first kappa shape index (κ1) is 8.92. The number of fused-ring (bicyclic) bond motifs is 1. The summed E-state index contributed by atoms with van der Waals surface area (Å²) in [5.41, 5.74) is 2.21. The Morgan fingerprint density at radius 2 is 2.27 bits per heavy atom. The first-order chi connectivity index (χ1) is 7.34. The molecule has 3 rings (SSSR count). The van der Waals surface area contributed by atoms with Gasteiger partial charge in [0.2, 0.25) is 0 Å². The van der Waals surface area contributed by atoms with E-state index in [1.165, 1.54) is 18.1 Å². The van der Waals surface area contributed by atoms with Gasteiger partial charge in [0.15, 0.2) is 0 Å². The highest BCUT2D eigenvalue weighted by molar-refractivity contribution is 5.83. The van der Waals surface area contributed by atoms with Gasteiger partial charge in [0, 0.05) is 23.6 Å². The lowest BCUT2D eigenvalue weighted by molar-refractivity contribution is 0.629.